The summed E-state index contributed by atoms with van der Waals surface area (Å²) in [6.45, 7) is 4.85. The van der Waals surface area contributed by atoms with Crippen molar-refractivity contribution in [1.29, 1.82) is 0 Å². The number of ketones is 1. The number of carbonyl (C=O) groups is 2. The summed E-state index contributed by atoms with van der Waals surface area (Å²) in [4.78, 5) is 22.1. The van der Waals surface area contributed by atoms with Crippen molar-refractivity contribution in [1.82, 2.24) is 0 Å². The standard InChI is InChI=1S/C8H10O3/c1-4-6(3)11-8(10)5(2)7(4)9/h5H,1-3H3. The molecule has 0 radical (unpaired) electrons. The van der Waals surface area contributed by atoms with Gasteiger partial charge in [-0.2, -0.15) is 0 Å². The lowest BCUT2D eigenvalue weighted by atomic mass is 9.98. The molecule has 0 bridgehead atoms. The summed E-state index contributed by atoms with van der Waals surface area (Å²) in [6.07, 6.45) is 0. The number of hydrogen-bond acceptors (Lipinski definition) is 3. The Kier molecular flexibility index (Phi) is 1.81. The van der Waals surface area contributed by atoms with Crippen LogP contribution in [0.5, 0.6) is 0 Å². The molecule has 1 rings (SSSR count). The van der Waals surface area contributed by atoms with Gasteiger partial charge in [0.05, 0.1) is 0 Å². The predicted molar refractivity (Wildman–Crippen MR) is 38.6 cm³/mol. The summed E-state index contributed by atoms with van der Waals surface area (Å²) in [5.74, 6) is -0.770. The van der Waals surface area contributed by atoms with Crippen molar-refractivity contribution < 1.29 is 14.3 Å². The van der Waals surface area contributed by atoms with Crippen LogP contribution in [0.1, 0.15) is 20.8 Å². The van der Waals surface area contributed by atoms with E-state index in [0.717, 1.165) is 0 Å². The molecule has 1 heterocycles. The smallest absolute Gasteiger partial charge is 0.321 e. The number of ether oxygens (including phenoxy) is 1. The van der Waals surface area contributed by atoms with E-state index in [1.54, 1.807) is 20.8 Å². The van der Waals surface area contributed by atoms with Crippen molar-refractivity contribution in [3.8, 4) is 0 Å². The summed E-state index contributed by atoms with van der Waals surface area (Å²) in [5.41, 5.74) is 0.553. The van der Waals surface area contributed by atoms with Crippen LogP contribution in [0.4, 0.5) is 0 Å². The van der Waals surface area contributed by atoms with Crippen molar-refractivity contribution in [2.75, 3.05) is 0 Å². The maximum atomic E-state index is 11.2. The van der Waals surface area contributed by atoms with Crippen molar-refractivity contribution >= 4 is 11.8 Å². The predicted octanol–water partition coefficient (Wildman–Crippen LogP) is 1.04. The van der Waals surface area contributed by atoms with Crippen LogP contribution in [0.15, 0.2) is 11.3 Å². The molecule has 3 nitrogen and oxygen atoms in total. The van der Waals surface area contributed by atoms with Crippen molar-refractivity contribution in [3.63, 3.8) is 0 Å². The van der Waals surface area contributed by atoms with Gasteiger partial charge >= 0.3 is 5.97 Å². The minimum atomic E-state index is -0.626. The van der Waals surface area contributed by atoms with Crippen LogP contribution >= 0.6 is 0 Å². The van der Waals surface area contributed by atoms with Crippen LogP contribution in [-0.4, -0.2) is 11.8 Å². The molecular weight excluding hydrogens is 144 g/mol. The lowest BCUT2D eigenvalue weighted by Gasteiger charge is -2.18. The third kappa shape index (κ3) is 1.18. The molecular formula is C8H10O3. The Labute approximate surface area is 65.0 Å². The van der Waals surface area contributed by atoms with Gasteiger partial charge in [-0.15, -0.1) is 0 Å². The molecule has 0 saturated heterocycles. The van der Waals surface area contributed by atoms with E-state index in [1.807, 2.05) is 0 Å². The molecule has 11 heavy (non-hydrogen) atoms. The highest BCUT2D eigenvalue weighted by molar-refractivity contribution is 6.10. The topological polar surface area (TPSA) is 43.4 Å². The van der Waals surface area contributed by atoms with E-state index in [4.69, 9.17) is 4.74 Å². The molecule has 3 heteroatoms. The highest BCUT2D eigenvalue weighted by Crippen LogP contribution is 2.19. The zero-order valence-electron chi connectivity index (χ0n) is 6.80. The summed E-state index contributed by atoms with van der Waals surface area (Å²) >= 11 is 0. The third-order valence-electron chi connectivity index (χ3n) is 1.90. The van der Waals surface area contributed by atoms with Crippen LogP contribution in [-0.2, 0) is 14.3 Å². The number of carbonyl (C=O) groups excluding carboxylic acids is 2. The lowest BCUT2D eigenvalue weighted by Crippen LogP contribution is -2.29. The average Bonchev–Trinajstić information content (AvgIpc) is 1.97. The van der Waals surface area contributed by atoms with Gasteiger partial charge in [0.25, 0.3) is 0 Å². The first-order chi connectivity index (χ1) is 5.04. The average molecular weight is 154 g/mol. The fourth-order valence-electron chi connectivity index (χ4n) is 0.921. The molecule has 0 aromatic rings. The Morgan fingerprint density at radius 3 is 2.36 bits per heavy atom. The Balaban J connectivity index is 3.04. The maximum absolute atomic E-state index is 11.2. The molecule has 0 aromatic carbocycles. The Morgan fingerprint density at radius 2 is 1.82 bits per heavy atom. The Hall–Kier alpha value is -1.12. The third-order valence-corrected chi connectivity index (χ3v) is 1.90. The van der Waals surface area contributed by atoms with Crippen LogP contribution in [0.25, 0.3) is 0 Å². The maximum Gasteiger partial charge on any atom is 0.321 e. The first kappa shape index (κ1) is 7.98. The SMILES string of the molecule is CC1=C(C)C(=O)C(C)C(=O)O1. The number of Topliss-reactive ketones (excluding diaryl/α,β-unsaturated/α-hetero) is 1. The molecule has 1 unspecified atom stereocenters. The quantitative estimate of drug-likeness (QED) is 0.387. The van der Waals surface area contributed by atoms with Crippen molar-refractivity contribution in [2.24, 2.45) is 5.92 Å². The first-order valence-electron chi connectivity index (χ1n) is 3.47. The molecule has 0 aromatic heterocycles. The van der Waals surface area contributed by atoms with E-state index in [-0.39, 0.29) is 5.78 Å². The minimum absolute atomic E-state index is 0.126. The van der Waals surface area contributed by atoms with Gasteiger partial charge in [0.2, 0.25) is 0 Å². The summed E-state index contributed by atoms with van der Waals surface area (Å²) < 4.78 is 4.80. The largest absolute Gasteiger partial charge is 0.430 e. The lowest BCUT2D eigenvalue weighted by molar-refractivity contribution is -0.148. The highest BCUT2D eigenvalue weighted by Gasteiger charge is 2.30. The Morgan fingerprint density at radius 1 is 1.27 bits per heavy atom. The number of allylic oxidation sites excluding steroid dienone is 2. The fraction of sp³-hybridized carbons (Fsp3) is 0.500. The number of hydrogen-bond donors (Lipinski definition) is 0. The first-order valence-corrected chi connectivity index (χ1v) is 3.47. The van der Waals surface area contributed by atoms with Crippen molar-refractivity contribution in [2.45, 2.75) is 20.8 Å². The Bertz CT molecular complexity index is 250. The van der Waals surface area contributed by atoms with Gasteiger partial charge in [-0.25, -0.2) is 0 Å². The van der Waals surface area contributed by atoms with Gasteiger partial charge < -0.3 is 4.74 Å². The fourth-order valence-corrected chi connectivity index (χ4v) is 0.921. The minimum Gasteiger partial charge on any atom is -0.430 e. The molecule has 0 spiro atoms. The van der Waals surface area contributed by atoms with Gasteiger partial charge in [-0.05, 0) is 20.8 Å². The van der Waals surface area contributed by atoms with Gasteiger partial charge in [-0.1, -0.05) is 0 Å². The monoisotopic (exact) mass is 154 g/mol. The van der Waals surface area contributed by atoms with Crippen molar-refractivity contribution in [3.05, 3.63) is 11.3 Å². The van der Waals surface area contributed by atoms with Gasteiger partial charge in [-0.3, -0.25) is 9.59 Å². The molecule has 0 aliphatic carbocycles. The van der Waals surface area contributed by atoms with Gasteiger partial charge in [0.15, 0.2) is 5.78 Å². The molecule has 1 aliphatic heterocycles. The zero-order chi connectivity index (χ0) is 8.59. The zero-order valence-corrected chi connectivity index (χ0v) is 6.80. The van der Waals surface area contributed by atoms with Crippen LogP contribution in [0, 0.1) is 5.92 Å². The van der Waals surface area contributed by atoms with E-state index in [9.17, 15) is 9.59 Å². The second-order valence-corrected chi connectivity index (χ2v) is 2.69. The summed E-state index contributed by atoms with van der Waals surface area (Å²) in [6, 6.07) is 0. The van der Waals surface area contributed by atoms with Crippen LogP contribution < -0.4 is 0 Å². The van der Waals surface area contributed by atoms with Crippen LogP contribution in [0.2, 0.25) is 0 Å². The van der Waals surface area contributed by atoms with Gasteiger partial charge in [0, 0.05) is 5.57 Å². The molecule has 60 valence electrons. The van der Waals surface area contributed by atoms with Gasteiger partial charge in [0.1, 0.15) is 11.7 Å². The molecule has 0 amide bonds. The molecule has 0 fully saturated rings. The molecule has 0 saturated carbocycles. The molecule has 1 atom stereocenters. The normalized spacial score (nSPS) is 25.5. The van der Waals surface area contributed by atoms with E-state index in [0.29, 0.717) is 11.3 Å². The molecule has 1 aliphatic rings. The van der Waals surface area contributed by atoms with E-state index < -0.39 is 11.9 Å². The van der Waals surface area contributed by atoms with E-state index in [1.165, 1.54) is 0 Å². The number of rotatable bonds is 0. The van der Waals surface area contributed by atoms with E-state index >= 15 is 0 Å². The summed E-state index contributed by atoms with van der Waals surface area (Å²) in [5, 5.41) is 0. The van der Waals surface area contributed by atoms with Crippen LogP contribution in [0.3, 0.4) is 0 Å². The second kappa shape index (κ2) is 2.49. The van der Waals surface area contributed by atoms with E-state index in [2.05, 4.69) is 0 Å². The summed E-state index contributed by atoms with van der Waals surface area (Å²) in [7, 11) is 0. The number of cyclic esters (lactones) is 1. The molecule has 0 N–H and O–H groups in total. The highest BCUT2D eigenvalue weighted by atomic mass is 16.5. The second-order valence-electron chi connectivity index (χ2n) is 2.69. The number of esters is 1.